The van der Waals surface area contributed by atoms with Crippen molar-refractivity contribution in [2.45, 2.75) is 18.5 Å². The van der Waals surface area contributed by atoms with E-state index in [1.807, 2.05) is 30.3 Å². The number of benzene rings is 1. The molecule has 3 heterocycles. The van der Waals surface area contributed by atoms with Crippen LogP contribution in [-0.4, -0.2) is 34.5 Å². The third kappa shape index (κ3) is 4.08. The lowest BCUT2D eigenvalue weighted by Gasteiger charge is -2.27. The Morgan fingerprint density at radius 3 is 2.80 bits per heavy atom. The monoisotopic (exact) mass is 407 g/mol. The van der Waals surface area contributed by atoms with Gasteiger partial charge in [-0.1, -0.05) is 30.3 Å². The molecule has 0 radical (unpaired) electrons. The molecule has 2 amide bonds. The van der Waals surface area contributed by atoms with Crippen LogP contribution in [0.5, 0.6) is 0 Å². The molecule has 8 heteroatoms. The van der Waals surface area contributed by atoms with Gasteiger partial charge in [0.1, 0.15) is 5.69 Å². The fourth-order valence-electron chi connectivity index (χ4n) is 3.70. The minimum absolute atomic E-state index is 0.161. The van der Waals surface area contributed by atoms with Crippen molar-refractivity contribution >= 4 is 11.8 Å². The Morgan fingerprint density at radius 2 is 2.07 bits per heavy atom. The molecule has 0 spiro atoms. The molecule has 2 atom stereocenters. The molecule has 0 saturated carbocycles. The van der Waals surface area contributed by atoms with Crippen LogP contribution < -0.4 is 16.4 Å². The van der Waals surface area contributed by atoms with E-state index in [4.69, 9.17) is 5.73 Å². The number of amides is 2. The smallest absolute Gasteiger partial charge is 0.268 e. The van der Waals surface area contributed by atoms with Crippen molar-refractivity contribution < 1.29 is 14.0 Å². The summed E-state index contributed by atoms with van der Waals surface area (Å²) in [6, 6.07) is 13.7. The predicted octanol–water partition coefficient (Wildman–Crippen LogP) is 2.18. The number of nitrogens with two attached hydrogens (primary N) is 1. The summed E-state index contributed by atoms with van der Waals surface area (Å²) in [6.45, 7) is 0.611. The fraction of sp³-hybridized carbons (Fsp3) is 0.227. The number of fused-ring (bicyclic) bond motifs is 1. The third-order valence-electron chi connectivity index (χ3n) is 5.23. The largest absolute Gasteiger partial charge is 0.349 e. The molecule has 7 nitrogen and oxygen atoms in total. The Labute approximate surface area is 173 Å². The molecular formula is C22H22FN5O2. The van der Waals surface area contributed by atoms with Gasteiger partial charge in [-0.15, -0.1) is 0 Å². The maximum Gasteiger partial charge on any atom is 0.268 e. The van der Waals surface area contributed by atoms with Gasteiger partial charge in [0.2, 0.25) is 11.9 Å². The number of aromatic nitrogens is 2. The summed E-state index contributed by atoms with van der Waals surface area (Å²) in [6.07, 6.45) is 3.33. The van der Waals surface area contributed by atoms with Gasteiger partial charge >= 0.3 is 0 Å². The first-order valence-electron chi connectivity index (χ1n) is 9.71. The Balaban J connectivity index is 1.53. The summed E-state index contributed by atoms with van der Waals surface area (Å²) in [7, 11) is 0. The number of hydrogen-bond donors (Lipinski definition) is 3. The van der Waals surface area contributed by atoms with Crippen LogP contribution in [-0.2, 0) is 4.79 Å². The SMILES string of the molecule is NC[C@@H](NC(=O)C[C@@H]1CNC(=O)c2cc(-c3ccnc(F)c3)cn21)c1ccccc1. The van der Waals surface area contributed by atoms with E-state index in [0.29, 0.717) is 23.4 Å². The molecule has 154 valence electrons. The number of halogens is 1. The van der Waals surface area contributed by atoms with Gasteiger partial charge < -0.3 is 20.9 Å². The van der Waals surface area contributed by atoms with Crippen LogP contribution >= 0.6 is 0 Å². The van der Waals surface area contributed by atoms with Crippen molar-refractivity contribution in [1.29, 1.82) is 0 Å². The number of nitrogens with one attached hydrogen (secondary N) is 2. The summed E-state index contributed by atoms with van der Waals surface area (Å²) in [5.41, 5.74) is 8.53. The van der Waals surface area contributed by atoms with E-state index in [1.165, 1.54) is 12.3 Å². The maximum atomic E-state index is 13.5. The van der Waals surface area contributed by atoms with Crippen LogP contribution in [0.4, 0.5) is 4.39 Å². The zero-order chi connectivity index (χ0) is 21.1. The summed E-state index contributed by atoms with van der Waals surface area (Å²) in [5, 5.41) is 5.79. The summed E-state index contributed by atoms with van der Waals surface area (Å²) in [4.78, 5) is 28.6. The molecule has 0 unspecified atom stereocenters. The lowest BCUT2D eigenvalue weighted by Crippen LogP contribution is -2.41. The number of rotatable bonds is 6. The van der Waals surface area contributed by atoms with E-state index in [0.717, 1.165) is 5.56 Å². The van der Waals surface area contributed by atoms with Crippen molar-refractivity contribution in [3.05, 3.63) is 78.1 Å². The van der Waals surface area contributed by atoms with Gasteiger partial charge in [-0.2, -0.15) is 4.39 Å². The summed E-state index contributed by atoms with van der Waals surface area (Å²) >= 11 is 0. The Bertz CT molecular complexity index is 1070. The number of hydrogen-bond acceptors (Lipinski definition) is 4. The lowest BCUT2D eigenvalue weighted by atomic mass is 10.1. The number of carbonyl (C=O) groups excluding carboxylic acids is 2. The Hall–Kier alpha value is -3.52. The Morgan fingerprint density at radius 1 is 1.27 bits per heavy atom. The topological polar surface area (TPSA) is 102 Å². The van der Waals surface area contributed by atoms with E-state index >= 15 is 0 Å². The van der Waals surface area contributed by atoms with Gasteiger partial charge in [0.05, 0.1) is 12.1 Å². The van der Waals surface area contributed by atoms with E-state index in [1.54, 1.807) is 22.9 Å². The van der Waals surface area contributed by atoms with Gasteiger partial charge in [0.15, 0.2) is 0 Å². The van der Waals surface area contributed by atoms with Crippen molar-refractivity contribution in [3.8, 4) is 11.1 Å². The van der Waals surface area contributed by atoms with Crippen molar-refractivity contribution in [2.24, 2.45) is 5.73 Å². The van der Waals surface area contributed by atoms with Crippen LogP contribution in [0.2, 0.25) is 0 Å². The molecule has 30 heavy (non-hydrogen) atoms. The average Bonchev–Trinajstić information content (AvgIpc) is 3.21. The van der Waals surface area contributed by atoms with Gasteiger partial charge in [0, 0.05) is 43.5 Å². The molecule has 1 aliphatic heterocycles. The van der Waals surface area contributed by atoms with Gasteiger partial charge in [-0.3, -0.25) is 9.59 Å². The highest BCUT2D eigenvalue weighted by molar-refractivity contribution is 5.95. The molecule has 0 aliphatic carbocycles. The molecule has 3 aromatic rings. The van der Waals surface area contributed by atoms with Crippen LogP contribution in [0, 0.1) is 5.95 Å². The minimum Gasteiger partial charge on any atom is -0.349 e. The minimum atomic E-state index is -0.592. The number of nitrogens with zero attached hydrogens (tertiary/aromatic N) is 2. The maximum absolute atomic E-state index is 13.5. The van der Waals surface area contributed by atoms with Gasteiger partial charge in [-0.05, 0) is 23.3 Å². The van der Waals surface area contributed by atoms with Crippen molar-refractivity contribution in [3.63, 3.8) is 0 Å². The van der Waals surface area contributed by atoms with E-state index in [-0.39, 0.29) is 36.9 Å². The normalized spacial score (nSPS) is 16.5. The second-order valence-electron chi connectivity index (χ2n) is 7.22. The highest BCUT2D eigenvalue weighted by Gasteiger charge is 2.28. The Kier molecular flexibility index (Phi) is 5.58. The van der Waals surface area contributed by atoms with Crippen molar-refractivity contribution in [2.75, 3.05) is 13.1 Å². The van der Waals surface area contributed by atoms with E-state index < -0.39 is 5.95 Å². The first-order valence-corrected chi connectivity index (χ1v) is 9.71. The fourth-order valence-corrected chi connectivity index (χ4v) is 3.70. The highest BCUT2D eigenvalue weighted by atomic mass is 19.1. The molecule has 0 bridgehead atoms. The molecule has 2 aromatic heterocycles. The quantitative estimate of drug-likeness (QED) is 0.545. The highest BCUT2D eigenvalue weighted by Crippen LogP contribution is 2.28. The molecular weight excluding hydrogens is 385 g/mol. The van der Waals surface area contributed by atoms with E-state index in [9.17, 15) is 14.0 Å². The van der Waals surface area contributed by atoms with Gasteiger partial charge in [-0.25, -0.2) is 4.98 Å². The predicted molar refractivity (Wildman–Crippen MR) is 110 cm³/mol. The zero-order valence-corrected chi connectivity index (χ0v) is 16.2. The van der Waals surface area contributed by atoms with Gasteiger partial charge in [0.25, 0.3) is 5.91 Å². The molecule has 1 aromatic carbocycles. The first-order chi connectivity index (χ1) is 14.5. The third-order valence-corrected chi connectivity index (χ3v) is 5.23. The molecule has 4 N–H and O–H groups in total. The molecule has 4 rings (SSSR count). The van der Waals surface area contributed by atoms with Crippen LogP contribution in [0.25, 0.3) is 11.1 Å². The second-order valence-corrected chi connectivity index (χ2v) is 7.22. The average molecular weight is 407 g/mol. The molecule has 0 fully saturated rings. The summed E-state index contributed by atoms with van der Waals surface area (Å²) in [5.74, 6) is -0.978. The lowest BCUT2D eigenvalue weighted by molar-refractivity contribution is -0.122. The van der Waals surface area contributed by atoms with Crippen molar-refractivity contribution in [1.82, 2.24) is 20.2 Å². The number of carbonyl (C=O) groups is 2. The first kappa shape index (κ1) is 19.8. The number of pyridine rings is 1. The second kappa shape index (κ2) is 8.46. The zero-order valence-electron chi connectivity index (χ0n) is 16.2. The molecule has 0 saturated heterocycles. The summed E-state index contributed by atoms with van der Waals surface area (Å²) < 4.78 is 15.3. The van der Waals surface area contributed by atoms with Crippen LogP contribution in [0.3, 0.4) is 0 Å². The van der Waals surface area contributed by atoms with Crippen LogP contribution in [0.1, 0.15) is 34.6 Å². The standard InChI is InChI=1S/C22H22FN5O2/c23-20-9-15(6-7-25-20)16-8-19-22(30)26-12-17(28(19)13-16)10-21(29)27-18(11-24)14-4-2-1-3-5-14/h1-9,13,17-18H,10-12,24H2,(H,26,30)(H,27,29)/t17-,18-/m1/s1. The molecule has 1 aliphatic rings. The van der Waals surface area contributed by atoms with Crippen LogP contribution in [0.15, 0.2) is 60.9 Å². The van der Waals surface area contributed by atoms with E-state index in [2.05, 4.69) is 15.6 Å².